The van der Waals surface area contributed by atoms with E-state index in [9.17, 15) is 20.2 Å². The van der Waals surface area contributed by atoms with Crippen molar-refractivity contribution in [2.45, 2.75) is 5.03 Å². The number of carbonyl (C=O) groups excluding carboxylic acids is 1. The first-order valence-corrected chi connectivity index (χ1v) is 8.94. The Morgan fingerprint density at radius 2 is 1.78 bits per heavy atom. The Kier molecular flexibility index (Phi) is 5.59. The largest absolute Gasteiger partial charge is 0.293 e. The third kappa shape index (κ3) is 4.37. The molecule has 0 radical (unpaired) electrons. The fraction of sp³-hybridized carbons (Fsp3) is 0.0500. The van der Waals surface area contributed by atoms with E-state index >= 15 is 0 Å². The summed E-state index contributed by atoms with van der Waals surface area (Å²) in [4.78, 5) is 27.0. The summed E-state index contributed by atoms with van der Waals surface area (Å²) in [6.07, 6.45) is 0. The van der Waals surface area contributed by atoms with Crippen LogP contribution in [0, 0.1) is 21.4 Å². The van der Waals surface area contributed by atoms with Gasteiger partial charge >= 0.3 is 0 Å². The van der Waals surface area contributed by atoms with Gasteiger partial charge in [-0.05, 0) is 24.3 Å². The van der Waals surface area contributed by atoms with Crippen LogP contribution in [0.2, 0.25) is 0 Å². The molecule has 0 saturated heterocycles. The normalized spacial score (nSPS) is 10.2. The zero-order chi connectivity index (χ0) is 19.2. The Balaban J connectivity index is 1.77. The van der Waals surface area contributed by atoms with Crippen LogP contribution in [-0.4, -0.2) is 21.4 Å². The number of nitro groups is 1. The van der Waals surface area contributed by atoms with E-state index in [0.29, 0.717) is 16.2 Å². The van der Waals surface area contributed by atoms with Gasteiger partial charge in [0, 0.05) is 23.3 Å². The van der Waals surface area contributed by atoms with Gasteiger partial charge < -0.3 is 0 Å². The van der Waals surface area contributed by atoms with Gasteiger partial charge in [0.05, 0.1) is 21.9 Å². The molecule has 0 aliphatic carbocycles. The number of aromatic nitrogens is 1. The average Bonchev–Trinajstić information content (AvgIpc) is 2.72. The lowest BCUT2D eigenvalue weighted by atomic mass is 10.1. The van der Waals surface area contributed by atoms with Gasteiger partial charge in [-0.15, -0.1) is 0 Å². The van der Waals surface area contributed by atoms with E-state index in [4.69, 9.17) is 0 Å². The molecule has 0 aliphatic heterocycles. The number of Topliss-reactive ketones (excluding diaryl/α,β-unsaturated/α-hetero) is 1. The number of nitro benzene ring substituents is 1. The molecule has 0 N–H and O–H groups in total. The molecular formula is C20H13N3O3S. The first kappa shape index (κ1) is 18.3. The lowest BCUT2D eigenvalue weighted by Gasteiger charge is -2.06. The summed E-state index contributed by atoms with van der Waals surface area (Å²) in [6, 6.07) is 20.6. The second-order valence-electron chi connectivity index (χ2n) is 5.54. The topological polar surface area (TPSA) is 96.9 Å². The first-order chi connectivity index (χ1) is 13.1. The number of hydrogen-bond donors (Lipinski definition) is 0. The molecule has 0 aliphatic rings. The molecule has 0 saturated carbocycles. The molecule has 0 bridgehead atoms. The zero-order valence-electron chi connectivity index (χ0n) is 14.0. The van der Waals surface area contributed by atoms with Gasteiger partial charge in [0.1, 0.15) is 11.1 Å². The highest BCUT2D eigenvalue weighted by atomic mass is 32.2. The van der Waals surface area contributed by atoms with Gasteiger partial charge in [-0.3, -0.25) is 14.9 Å². The molecule has 3 rings (SSSR count). The SMILES string of the molecule is N#Cc1ccc(-c2ccccc2)nc1SCC(=O)c1ccc([N+](=O)[O-])cc1. The van der Waals surface area contributed by atoms with Crippen LogP contribution in [0.25, 0.3) is 11.3 Å². The van der Waals surface area contributed by atoms with Crippen LogP contribution in [0.15, 0.2) is 71.8 Å². The highest BCUT2D eigenvalue weighted by molar-refractivity contribution is 8.00. The monoisotopic (exact) mass is 375 g/mol. The fourth-order valence-corrected chi connectivity index (χ4v) is 3.26. The Bertz CT molecular complexity index is 1030. The van der Waals surface area contributed by atoms with Crippen molar-refractivity contribution in [3.05, 3.63) is 88.0 Å². The summed E-state index contributed by atoms with van der Waals surface area (Å²) < 4.78 is 0. The van der Waals surface area contributed by atoms with E-state index in [1.807, 2.05) is 30.3 Å². The minimum absolute atomic E-state index is 0.0665. The van der Waals surface area contributed by atoms with Crippen molar-refractivity contribution in [1.82, 2.24) is 4.98 Å². The maximum atomic E-state index is 12.4. The minimum Gasteiger partial charge on any atom is -0.293 e. The number of pyridine rings is 1. The molecule has 0 fully saturated rings. The van der Waals surface area contributed by atoms with Crippen molar-refractivity contribution in [2.75, 3.05) is 5.75 Å². The third-order valence-corrected chi connectivity index (χ3v) is 4.78. The maximum absolute atomic E-state index is 12.4. The second kappa shape index (κ2) is 8.25. The Hall–Kier alpha value is -3.50. The van der Waals surface area contributed by atoms with Crippen LogP contribution in [0.5, 0.6) is 0 Å². The van der Waals surface area contributed by atoms with Crippen LogP contribution in [0.1, 0.15) is 15.9 Å². The zero-order valence-corrected chi connectivity index (χ0v) is 14.8. The van der Waals surface area contributed by atoms with Crippen LogP contribution < -0.4 is 0 Å². The van der Waals surface area contributed by atoms with Gasteiger partial charge in [-0.2, -0.15) is 5.26 Å². The first-order valence-electron chi connectivity index (χ1n) is 7.95. The fourth-order valence-electron chi connectivity index (χ4n) is 2.39. The Labute approximate surface area is 159 Å². The standard InChI is InChI=1S/C20H13N3O3S/c21-12-16-8-11-18(14-4-2-1-3-5-14)22-20(16)27-13-19(24)15-6-9-17(10-7-15)23(25)26/h1-11H,13H2. The summed E-state index contributed by atoms with van der Waals surface area (Å²) in [5, 5.41) is 20.5. The van der Waals surface area contributed by atoms with Crippen molar-refractivity contribution >= 4 is 23.2 Å². The molecule has 3 aromatic rings. The van der Waals surface area contributed by atoms with E-state index in [1.165, 1.54) is 36.0 Å². The van der Waals surface area contributed by atoms with E-state index in [0.717, 1.165) is 11.3 Å². The number of benzene rings is 2. The summed E-state index contributed by atoms with van der Waals surface area (Å²) in [5.41, 5.74) is 2.36. The molecule has 7 heteroatoms. The van der Waals surface area contributed by atoms with Crippen molar-refractivity contribution in [1.29, 1.82) is 5.26 Å². The summed E-state index contributed by atoms with van der Waals surface area (Å²) >= 11 is 1.18. The van der Waals surface area contributed by atoms with Crippen molar-refractivity contribution in [3.63, 3.8) is 0 Å². The lowest BCUT2D eigenvalue weighted by Crippen LogP contribution is -2.03. The molecule has 0 spiro atoms. The smallest absolute Gasteiger partial charge is 0.269 e. The number of ketones is 1. The van der Waals surface area contributed by atoms with Crippen LogP contribution in [-0.2, 0) is 0 Å². The summed E-state index contributed by atoms with van der Waals surface area (Å²) in [7, 11) is 0. The molecule has 6 nitrogen and oxygen atoms in total. The molecule has 1 aromatic heterocycles. The van der Waals surface area contributed by atoms with Gasteiger partial charge in [0.2, 0.25) is 0 Å². The molecule has 1 heterocycles. The predicted molar refractivity (Wildman–Crippen MR) is 103 cm³/mol. The van der Waals surface area contributed by atoms with Gasteiger partial charge in [-0.25, -0.2) is 4.98 Å². The Morgan fingerprint density at radius 1 is 1.07 bits per heavy atom. The van der Waals surface area contributed by atoms with Crippen LogP contribution >= 0.6 is 11.8 Å². The summed E-state index contributed by atoms with van der Waals surface area (Å²) in [5.74, 6) is -0.108. The minimum atomic E-state index is -0.513. The number of non-ortho nitro benzene ring substituents is 1. The second-order valence-corrected chi connectivity index (χ2v) is 6.51. The van der Waals surface area contributed by atoms with Crippen molar-refractivity contribution < 1.29 is 9.72 Å². The molecule has 132 valence electrons. The van der Waals surface area contributed by atoms with E-state index in [2.05, 4.69) is 11.1 Å². The van der Waals surface area contributed by atoms with Crippen molar-refractivity contribution in [3.8, 4) is 17.3 Å². The maximum Gasteiger partial charge on any atom is 0.269 e. The molecule has 0 atom stereocenters. The number of carbonyl (C=O) groups is 1. The molecule has 0 unspecified atom stereocenters. The number of thioether (sulfide) groups is 1. The van der Waals surface area contributed by atoms with E-state index < -0.39 is 4.92 Å². The number of nitriles is 1. The highest BCUT2D eigenvalue weighted by Crippen LogP contribution is 2.26. The molecule has 0 amide bonds. The number of rotatable bonds is 6. The van der Waals surface area contributed by atoms with Crippen LogP contribution in [0.3, 0.4) is 0 Å². The van der Waals surface area contributed by atoms with E-state index in [-0.39, 0.29) is 17.2 Å². The van der Waals surface area contributed by atoms with Gasteiger partial charge in [0.25, 0.3) is 5.69 Å². The van der Waals surface area contributed by atoms with Gasteiger partial charge in [0.15, 0.2) is 5.78 Å². The molecule has 27 heavy (non-hydrogen) atoms. The molecule has 2 aromatic carbocycles. The quantitative estimate of drug-likeness (QED) is 0.272. The summed E-state index contributed by atoms with van der Waals surface area (Å²) in [6.45, 7) is 0. The van der Waals surface area contributed by atoms with E-state index in [1.54, 1.807) is 12.1 Å². The van der Waals surface area contributed by atoms with Crippen LogP contribution in [0.4, 0.5) is 5.69 Å². The average molecular weight is 375 g/mol. The van der Waals surface area contributed by atoms with Gasteiger partial charge in [-0.1, -0.05) is 42.1 Å². The third-order valence-electron chi connectivity index (χ3n) is 3.79. The predicted octanol–water partition coefficient (Wildman–Crippen LogP) is 4.50. The number of nitrogens with zero attached hydrogens (tertiary/aromatic N) is 3. The highest BCUT2D eigenvalue weighted by Gasteiger charge is 2.13. The molecular weight excluding hydrogens is 362 g/mol. The Morgan fingerprint density at radius 3 is 2.41 bits per heavy atom. The lowest BCUT2D eigenvalue weighted by molar-refractivity contribution is -0.384. The number of hydrogen-bond acceptors (Lipinski definition) is 6. The van der Waals surface area contributed by atoms with Crippen molar-refractivity contribution in [2.24, 2.45) is 0 Å².